The van der Waals surface area contributed by atoms with Crippen molar-refractivity contribution in [3.63, 3.8) is 0 Å². The summed E-state index contributed by atoms with van der Waals surface area (Å²) in [6.07, 6.45) is 5.34. The molecule has 1 aromatic heterocycles. The summed E-state index contributed by atoms with van der Waals surface area (Å²) >= 11 is 1.91. The predicted molar refractivity (Wildman–Crippen MR) is 80.2 cm³/mol. The molecule has 1 saturated heterocycles. The minimum Gasteiger partial charge on any atom is -0.320 e. The third-order valence-electron chi connectivity index (χ3n) is 4.15. The molecule has 0 spiro atoms. The van der Waals surface area contributed by atoms with Crippen LogP contribution in [0.25, 0.3) is 0 Å². The molecule has 1 atom stereocenters. The van der Waals surface area contributed by atoms with E-state index in [9.17, 15) is 0 Å². The van der Waals surface area contributed by atoms with E-state index >= 15 is 0 Å². The quantitative estimate of drug-likeness (QED) is 0.847. The molecule has 1 aliphatic heterocycles. The maximum atomic E-state index is 3.27. The monoisotopic (exact) mass is 266 g/mol. The van der Waals surface area contributed by atoms with E-state index in [0.29, 0.717) is 6.04 Å². The zero-order chi connectivity index (χ0) is 12.8. The van der Waals surface area contributed by atoms with Gasteiger partial charge in [0.05, 0.1) is 0 Å². The fourth-order valence-corrected chi connectivity index (χ4v) is 3.97. The highest BCUT2D eigenvalue weighted by Crippen LogP contribution is 2.32. The Balaban J connectivity index is 1.84. The van der Waals surface area contributed by atoms with E-state index in [1.54, 1.807) is 4.88 Å². The van der Waals surface area contributed by atoms with Gasteiger partial charge in [-0.2, -0.15) is 0 Å². The van der Waals surface area contributed by atoms with E-state index in [4.69, 9.17) is 0 Å². The van der Waals surface area contributed by atoms with Crippen LogP contribution in [-0.2, 0) is 0 Å². The standard InChI is InChI=1S/C15H26N2S/c1-3-14(15-5-4-12-18-15)17-10-7-13(8-11-17)6-9-16-2/h4-5,12-14,16H,3,6-11H2,1-2H3. The Kier molecular flexibility index (Phi) is 5.67. The first-order chi connectivity index (χ1) is 8.85. The zero-order valence-corrected chi connectivity index (χ0v) is 12.5. The van der Waals surface area contributed by atoms with Gasteiger partial charge in [-0.05, 0) is 69.7 Å². The summed E-state index contributed by atoms with van der Waals surface area (Å²) in [5.41, 5.74) is 0. The Bertz CT molecular complexity index is 315. The van der Waals surface area contributed by atoms with Crippen molar-refractivity contribution < 1.29 is 0 Å². The molecule has 0 aromatic carbocycles. The second-order valence-electron chi connectivity index (χ2n) is 5.31. The van der Waals surface area contributed by atoms with E-state index in [1.807, 2.05) is 11.3 Å². The smallest absolute Gasteiger partial charge is 0.0438 e. The average Bonchev–Trinajstić information content (AvgIpc) is 2.93. The second kappa shape index (κ2) is 7.27. The minimum absolute atomic E-state index is 0.662. The average molecular weight is 266 g/mol. The minimum atomic E-state index is 0.662. The summed E-state index contributed by atoms with van der Waals surface area (Å²) in [4.78, 5) is 4.24. The SMILES string of the molecule is CCC(c1cccs1)N1CCC(CCNC)CC1. The largest absolute Gasteiger partial charge is 0.320 e. The van der Waals surface area contributed by atoms with Gasteiger partial charge in [-0.25, -0.2) is 0 Å². The molecule has 0 aliphatic carbocycles. The molecule has 1 fully saturated rings. The van der Waals surface area contributed by atoms with E-state index in [-0.39, 0.29) is 0 Å². The van der Waals surface area contributed by atoms with Gasteiger partial charge in [-0.3, -0.25) is 4.90 Å². The molecule has 0 amide bonds. The number of likely N-dealkylation sites (tertiary alicyclic amines) is 1. The van der Waals surface area contributed by atoms with Crippen molar-refractivity contribution in [2.75, 3.05) is 26.7 Å². The molecule has 102 valence electrons. The van der Waals surface area contributed by atoms with Crippen LogP contribution in [0.4, 0.5) is 0 Å². The highest BCUT2D eigenvalue weighted by Gasteiger charge is 2.25. The first kappa shape index (κ1) is 14.0. The van der Waals surface area contributed by atoms with Crippen LogP contribution in [0.3, 0.4) is 0 Å². The van der Waals surface area contributed by atoms with E-state index in [2.05, 4.69) is 41.7 Å². The molecule has 1 aromatic rings. The van der Waals surface area contributed by atoms with Gasteiger partial charge in [-0.1, -0.05) is 13.0 Å². The Labute approximate surface area is 115 Å². The molecule has 1 aliphatic rings. The summed E-state index contributed by atoms with van der Waals surface area (Å²) in [7, 11) is 2.05. The van der Waals surface area contributed by atoms with E-state index < -0.39 is 0 Å². The Morgan fingerprint density at radius 2 is 2.22 bits per heavy atom. The highest BCUT2D eigenvalue weighted by atomic mass is 32.1. The molecular formula is C15H26N2S. The summed E-state index contributed by atoms with van der Waals surface area (Å²) < 4.78 is 0. The summed E-state index contributed by atoms with van der Waals surface area (Å²) in [6, 6.07) is 5.14. The van der Waals surface area contributed by atoms with Gasteiger partial charge in [0.25, 0.3) is 0 Å². The lowest BCUT2D eigenvalue weighted by molar-refractivity contribution is 0.127. The number of hydrogen-bond donors (Lipinski definition) is 1. The maximum Gasteiger partial charge on any atom is 0.0438 e. The van der Waals surface area contributed by atoms with Gasteiger partial charge in [0, 0.05) is 10.9 Å². The first-order valence-corrected chi connectivity index (χ1v) is 8.15. The molecule has 2 heterocycles. The predicted octanol–water partition coefficient (Wildman–Crippen LogP) is 3.52. The highest BCUT2D eigenvalue weighted by molar-refractivity contribution is 7.10. The van der Waals surface area contributed by atoms with Gasteiger partial charge in [0.1, 0.15) is 0 Å². The summed E-state index contributed by atoms with van der Waals surface area (Å²) in [5, 5.41) is 5.48. The fourth-order valence-electron chi connectivity index (χ4n) is 3.02. The van der Waals surface area contributed by atoms with Crippen LogP contribution in [0, 0.1) is 5.92 Å². The van der Waals surface area contributed by atoms with Gasteiger partial charge in [-0.15, -0.1) is 11.3 Å². The zero-order valence-electron chi connectivity index (χ0n) is 11.7. The van der Waals surface area contributed by atoms with Crippen LogP contribution in [0.5, 0.6) is 0 Å². The normalized spacial score (nSPS) is 20.1. The molecule has 2 rings (SSSR count). The summed E-state index contributed by atoms with van der Waals surface area (Å²) in [6.45, 7) is 6.06. The van der Waals surface area contributed by atoms with Crippen LogP contribution in [0.2, 0.25) is 0 Å². The molecule has 0 saturated carbocycles. The van der Waals surface area contributed by atoms with Gasteiger partial charge >= 0.3 is 0 Å². The number of hydrogen-bond acceptors (Lipinski definition) is 3. The van der Waals surface area contributed by atoms with Gasteiger partial charge < -0.3 is 5.32 Å². The molecular weight excluding hydrogens is 240 g/mol. The molecule has 1 unspecified atom stereocenters. The first-order valence-electron chi connectivity index (χ1n) is 7.27. The van der Waals surface area contributed by atoms with Crippen molar-refractivity contribution in [1.82, 2.24) is 10.2 Å². The van der Waals surface area contributed by atoms with Gasteiger partial charge in [0.15, 0.2) is 0 Å². The Morgan fingerprint density at radius 3 is 2.78 bits per heavy atom. The Hall–Kier alpha value is -0.380. The second-order valence-corrected chi connectivity index (χ2v) is 6.29. The molecule has 1 N–H and O–H groups in total. The van der Waals surface area contributed by atoms with E-state index in [0.717, 1.165) is 5.92 Å². The lowest BCUT2D eigenvalue weighted by Crippen LogP contribution is -2.36. The molecule has 2 nitrogen and oxygen atoms in total. The van der Waals surface area contributed by atoms with Crippen LogP contribution >= 0.6 is 11.3 Å². The molecule has 0 bridgehead atoms. The van der Waals surface area contributed by atoms with Crippen LogP contribution < -0.4 is 5.32 Å². The fraction of sp³-hybridized carbons (Fsp3) is 0.733. The Morgan fingerprint density at radius 1 is 1.44 bits per heavy atom. The lowest BCUT2D eigenvalue weighted by atomic mass is 9.92. The van der Waals surface area contributed by atoms with Crippen LogP contribution in [0.1, 0.15) is 43.5 Å². The van der Waals surface area contributed by atoms with Crippen LogP contribution in [-0.4, -0.2) is 31.6 Å². The third-order valence-corrected chi connectivity index (χ3v) is 5.12. The molecule has 3 heteroatoms. The van der Waals surface area contributed by atoms with Crippen molar-refractivity contribution in [3.05, 3.63) is 22.4 Å². The topological polar surface area (TPSA) is 15.3 Å². The van der Waals surface area contributed by atoms with E-state index in [1.165, 1.54) is 45.3 Å². The van der Waals surface area contributed by atoms with Gasteiger partial charge in [0.2, 0.25) is 0 Å². The van der Waals surface area contributed by atoms with Crippen molar-refractivity contribution in [1.29, 1.82) is 0 Å². The molecule has 0 radical (unpaired) electrons. The van der Waals surface area contributed by atoms with Crippen molar-refractivity contribution >= 4 is 11.3 Å². The lowest BCUT2D eigenvalue weighted by Gasteiger charge is -2.37. The molecule has 18 heavy (non-hydrogen) atoms. The number of nitrogens with one attached hydrogen (secondary N) is 1. The number of piperidine rings is 1. The maximum absolute atomic E-state index is 3.27. The number of thiophene rings is 1. The van der Waals surface area contributed by atoms with Crippen molar-refractivity contribution in [3.8, 4) is 0 Å². The number of rotatable bonds is 6. The van der Waals surface area contributed by atoms with Crippen molar-refractivity contribution in [2.24, 2.45) is 5.92 Å². The van der Waals surface area contributed by atoms with Crippen molar-refractivity contribution in [2.45, 2.75) is 38.6 Å². The summed E-state index contributed by atoms with van der Waals surface area (Å²) in [5.74, 6) is 0.939. The van der Waals surface area contributed by atoms with Crippen LogP contribution in [0.15, 0.2) is 17.5 Å². The number of nitrogens with zero attached hydrogens (tertiary/aromatic N) is 1. The third kappa shape index (κ3) is 3.56.